The normalized spacial score (nSPS) is 12.2. The number of ether oxygens (including phenoxy) is 2. The summed E-state index contributed by atoms with van der Waals surface area (Å²) in [4.78, 5) is 24.8. The topological polar surface area (TPSA) is 76.7 Å². The number of fused-ring (bicyclic) bond motifs is 1. The van der Waals surface area contributed by atoms with E-state index in [-0.39, 0.29) is 11.8 Å². The van der Waals surface area contributed by atoms with Crippen LogP contribution >= 0.6 is 11.6 Å². The van der Waals surface area contributed by atoms with Crippen molar-refractivity contribution >= 4 is 34.8 Å². The van der Waals surface area contributed by atoms with E-state index in [1.54, 1.807) is 60.7 Å². The van der Waals surface area contributed by atoms with Crippen molar-refractivity contribution in [2.24, 2.45) is 0 Å². The Kier molecular flexibility index (Phi) is 5.35. The number of carbonyl (C=O) groups is 2. The molecule has 0 saturated heterocycles. The first kappa shape index (κ1) is 18.8. The van der Waals surface area contributed by atoms with Crippen LogP contribution in [0.1, 0.15) is 20.7 Å². The molecular formula is C22H17ClN2O4. The fraction of sp³-hybridized carbons (Fsp3) is 0.0909. The summed E-state index contributed by atoms with van der Waals surface area (Å²) in [7, 11) is 0. The Hall–Kier alpha value is -3.51. The van der Waals surface area contributed by atoms with Crippen LogP contribution in [-0.2, 0) is 0 Å². The highest BCUT2D eigenvalue weighted by atomic mass is 35.5. The molecule has 0 aromatic heterocycles. The third-order valence-corrected chi connectivity index (χ3v) is 4.63. The van der Waals surface area contributed by atoms with E-state index < -0.39 is 0 Å². The van der Waals surface area contributed by atoms with Gasteiger partial charge in [0, 0.05) is 16.8 Å². The van der Waals surface area contributed by atoms with Gasteiger partial charge in [-0.2, -0.15) is 0 Å². The van der Waals surface area contributed by atoms with Gasteiger partial charge in [-0.25, -0.2) is 0 Å². The molecule has 0 aliphatic carbocycles. The van der Waals surface area contributed by atoms with Crippen molar-refractivity contribution in [1.82, 2.24) is 0 Å². The van der Waals surface area contributed by atoms with Crippen LogP contribution in [0, 0.1) is 0 Å². The van der Waals surface area contributed by atoms with E-state index in [1.165, 1.54) is 0 Å². The van der Waals surface area contributed by atoms with Gasteiger partial charge in [-0.1, -0.05) is 29.8 Å². The maximum absolute atomic E-state index is 12.5. The van der Waals surface area contributed by atoms with E-state index in [4.69, 9.17) is 21.1 Å². The fourth-order valence-electron chi connectivity index (χ4n) is 2.87. The molecule has 0 spiro atoms. The van der Waals surface area contributed by atoms with Crippen LogP contribution in [0.5, 0.6) is 11.5 Å². The van der Waals surface area contributed by atoms with Crippen molar-refractivity contribution in [2.75, 3.05) is 23.8 Å². The molecule has 29 heavy (non-hydrogen) atoms. The Morgan fingerprint density at radius 3 is 2.24 bits per heavy atom. The van der Waals surface area contributed by atoms with Crippen LogP contribution in [-0.4, -0.2) is 25.0 Å². The molecule has 146 valence electrons. The molecule has 0 radical (unpaired) electrons. The first-order valence-electron chi connectivity index (χ1n) is 8.97. The molecule has 0 unspecified atom stereocenters. The van der Waals surface area contributed by atoms with Crippen molar-refractivity contribution in [2.45, 2.75) is 0 Å². The Morgan fingerprint density at radius 1 is 0.759 bits per heavy atom. The molecule has 2 N–H and O–H groups in total. The maximum atomic E-state index is 12.5. The van der Waals surface area contributed by atoms with Gasteiger partial charge in [-0.3, -0.25) is 9.59 Å². The highest BCUT2D eigenvalue weighted by molar-refractivity contribution is 6.34. The van der Waals surface area contributed by atoms with Crippen molar-refractivity contribution in [1.29, 1.82) is 0 Å². The van der Waals surface area contributed by atoms with E-state index in [2.05, 4.69) is 10.6 Å². The molecule has 0 bridgehead atoms. The smallest absolute Gasteiger partial charge is 0.255 e. The van der Waals surface area contributed by atoms with Crippen molar-refractivity contribution < 1.29 is 19.1 Å². The Morgan fingerprint density at radius 2 is 1.48 bits per heavy atom. The SMILES string of the molecule is O=C(Nc1ccc(NC(=O)c2ccccc2)c(Cl)c1)c1ccc2c(c1)OCCO2. The summed E-state index contributed by atoms with van der Waals surface area (Å²) < 4.78 is 11.0. The molecule has 1 aliphatic rings. The zero-order chi connectivity index (χ0) is 20.2. The average molecular weight is 409 g/mol. The summed E-state index contributed by atoms with van der Waals surface area (Å²) >= 11 is 6.28. The van der Waals surface area contributed by atoms with Gasteiger partial charge in [0.15, 0.2) is 11.5 Å². The number of nitrogens with one attached hydrogen (secondary N) is 2. The molecule has 0 atom stereocenters. The Balaban J connectivity index is 1.45. The van der Waals surface area contributed by atoms with E-state index in [0.29, 0.717) is 52.2 Å². The molecule has 3 aromatic carbocycles. The lowest BCUT2D eigenvalue weighted by molar-refractivity contribution is 0.101. The maximum Gasteiger partial charge on any atom is 0.255 e. The van der Waals surface area contributed by atoms with Crippen LogP contribution in [0.2, 0.25) is 5.02 Å². The first-order chi connectivity index (χ1) is 14.1. The molecule has 1 heterocycles. The monoisotopic (exact) mass is 408 g/mol. The minimum Gasteiger partial charge on any atom is -0.486 e. The number of amides is 2. The summed E-state index contributed by atoms with van der Waals surface area (Å²) in [6.45, 7) is 0.939. The predicted molar refractivity (Wildman–Crippen MR) is 111 cm³/mol. The highest BCUT2D eigenvalue weighted by Gasteiger charge is 2.16. The van der Waals surface area contributed by atoms with Crippen molar-refractivity contribution in [3.8, 4) is 11.5 Å². The summed E-state index contributed by atoms with van der Waals surface area (Å²) in [5.41, 5.74) is 1.93. The van der Waals surface area contributed by atoms with Gasteiger partial charge in [0.1, 0.15) is 13.2 Å². The molecule has 1 aliphatic heterocycles. The number of anilines is 2. The van der Waals surface area contributed by atoms with Crippen LogP contribution in [0.3, 0.4) is 0 Å². The second-order valence-electron chi connectivity index (χ2n) is 6.33. The Labute approximate surface area is 172 Å². The number of carbonyl (C=O) groups excluding carboxylic acids is 2. The van der Waals surface area contributed by atoms with Crippen LogP contribution < -0.4 is 20.1 Å². The molecule has 3 aromatic rings. The van der Waals surface area contributed by atoms with Gasteiger partial charge in [-0.05, 0) is 48.5 Å². The zero-order valence-electron chi connectivity index (χ0n) is 15.3. The molecule has 2 amide bonds. The number of halogens is 1. The third-order valence-electron chi connectivity index (χ3n) is 4.32. The van der Waals surface area contributed by atoms with Crippen molar-refractivity contribution in [3.05, 3.63) is 82.9 Å². The quantitative estimate of drug-likeness (QED) is 0.660. The van der Waals surface area contributed by atoms with E-state index >= 15 is 0 Å². The summed E-state index contributed by atoms with van der Waals surface area (Å²) in [5.74, 6) is 0.593. The van der Waals surface area contributed by atoms with Gasteiger partial charge in [0.05, 0.1) is 10.7 Å². The minimum atomic E-state index is -0.306. The summed E-state index contributed by atoms with van der Waals surface area (Å²) in [6.07, 6.45) is 0. The number of rotatable bonds is 4. The summed E-state index contributed by atoms with van der Waals surface area (Å²) in [6, 6.07) is 18.7. The second-order valence-corrected chi connectivity index (χ2v) is 6.73. The molecule has 6 nitrogen and oxygen atoms in total. The lowest BCUT2D eigenvalue weighted by Crippen LogP contribution is -2.17. The number of benzene rings is 3. The molecular weight excluding hydrogens is 392 g/mol. The van der Waals surface area contributed by atoms with Crippen LogP contribution in [0.4, 0.5) is 11.4 Å². The number of hydrogen-bond donors (Lipinski definition) is 2. The van der Waals surface area contributed by atoms with Crippen LogP contribution in [0.15, 0.2) is 66.7 Å². The highest BCUT2D eigenvalue weighted by Crippen LogP contribution is 2.31. The van der Waals surface area contributed by atoms with E-state index in [1.807, 2.05) is 6.07 Å². The van der Waals surface area contributed by atoms with Gasteiger partial charge >= 0.3 is 0 Å². The largest absolute Gasteiger partial charge is 0.486 e. The van der Waals surface area contributed by atoms with Crippen LogP contribution in [0.25, 0.3) is 0 Å². The van der Waals surface area contributed by atoms with E-state index in [0.717, 1.165) is 0 Å². The minimum absolute atomic E-state index is 0.263. The predicted octanol–water partition coefficient (Wildman–Crippen LogP) is 4.62. The number of hydrogen-bond acceptors (Lipinski definition) is 4. The van der Waals surface area contributed by atoms with Gasteiger partial charge in [0.2, 0.25) is 0 Å². The van der Waals surface area contributed by atoms with Crippen molar-refractivity contribution in [3.63, 3.8) is 0 Å². The zero-order valence-corrected chi connectivity index (χ0v) is 16.0. The molecule has 7 heteroatoms. The van der Waals surface area contributed by atoms with E-state index in [9.17, 15) is 9.59 Å². The lowest BCUT2D eigenvalue weighted by atomic mass is 10.1. The van der Waals surface area contributed by atoms with Gasteiger partial charge in [0.25, 0.3) is 11.8 Å². The summed E-state index contributed by atoms with van der Waals surface area (Å²) in [5, 5.41) is 5.86. The van der Waals surface area contributed by atoms with Gasteiger partial charge < -0.3 is 20.1 Å². The first-order valence-corrected chi connectivity index (χ1v) is 9.35. The third kappa shape index (κ3) is 4.33. The fourth-order valence-corrected chi connectivity index (χ4v) is 3.09. The Bertz CT molecular complexity index is 1070. The molecule has 0 fully saturated rings. The molecule has 4 rings (SSSR count). The standard InChI is InChI=1S/C22H17ClN2O4/c23-17-13-16(7-8-18(17)25-21(26)14-4-2-1-3-5-14)24-22(27)15-6-9-19-20(12-15)29-11-10-28-19/h1-9,12-13H,10-11H2,(H,24,27)(H,25,26). The van der Waals surface area contributed by atoms with Gasteiger partial charge in [-0.15, -0.1) is 0 Å². The lowest BCUT2D eigenvalue weighted by Gasteiger charge is -2.18. The average Bonchev–Trinajstić information content (AvgIpc) is 2.75. The molecule has 0 saturated carbocycles. The second kappa shape index (κ2) is 8.24.